The van der Waals surface area contributed by atoms with Gasteiger partial charge in [0.25, 0.3) is 5.69 Å². The molecule has 0 N–H and O–H groups in total. The van der Waals surface area contributed by atoms with Crippen LogP contribution in [0.1, 0.15) is 25.8 Å². The summed E-state index contributed by atoms with van der Waals surface area (Å²) in [4.78, 5) is 32.9. The van der Waals surface area contributed by atoms with Crippen molar-refractivity contribution in [1.82, 2.24) is 0 Å². The Hall–Kier alpha value is -2.50. The Morgan fingerprint density at radius 2 is 1.90 bits per heavy atom. The Morgan fingerprint density at radius 1 is 1.30 bits per heavy atom. The van der Waals surface area contributed by atoms with Crippen LogP contribution in [0.2, 0.25) is 0 Å². The highest BCUT2D eigenvalue weighted by atomic mass is 16.6. The van der Waals surface area contributed by atoms with Crippen molar-refractivity contribution in [2.24, 2.45) is 0 Å². The molecule has 0 radical (unpaired) electrons. The number of ketones is 1. The molecule has 1 rings (SSSR count). The zero-order valence-electron chi connectivity index (χ0n) is 11.3. The van der Waals surface area contributed by atoms with Gasteiger partial charge in [-0.3, -0.25) is 19.7 Å². The maximum Gasteiger partial charge on any atom is 0.310 e. The van der Waals surface area contributed by atoms with Crippen LogP contribution >= 0.6 is 0 Å². The predicted molar refractivity (Wildman–Crippen MR) is 73.0 cm³/mol. The van der Waals surface area contributed by atoms with Gasteiger partial charge in [0.05, 0.1) is 18.0 Å². The van der Waals surface area contributed by atoms with E-state index in [-0.39, 0.29) is 24.5 Å². The third kappa shape index (κ3) is 4.64. The number of carbonyl (C=O) groups is 2. The lowest BCUT2D eigenvalue weighted by Crippen LogP contribution is -2.09. The van der Waals surface area contributed by atoms with Crippen LogP contribution in [0.4, 0.5) is 5.69 Å². The second-order valence-corrected chi connectivity index (χ2v) is 4.06. The number of hydrogen-bond acceptors (Lipinski definition) is 5. The van der Waals surface area contributed by atoms with E-state index in [4.69, 9.17) is 4.74 Å². The molecule has 0 aliphatic carbocycles. The fraction of sp³-hybridized carbons (Fsp3) is 0.286. The second kappa shape index (κ2) is 7.18. The predicted octanol–water partition coefficient (Wildman–Crippen LogP) is 2.52. The molecular formula is C14H15NO5. The van der Waals surface area contributed by atoms with Crippen LogP contribution in [0, 0.1) is 10.1 Å². The number of nitrogens with zero attached hydrogens (tertiary/aromatic N) is 1. The van der Waals surface area contributed by atoms with Gasteiger partial charge in [-0.15, -0.1) is 0 Å². The molecule has 0 unspecified atom stereocenters. The number of Topliss-reactive ketones (excluding diaryl/α,β-unsaturated/α-hetero) is 1. The molecule has 0 aliphatic heterocycles. The van der Waals surface area contributed by atoms with Gasteiger partial charge in [-0.2, -0.15) is 0 Å². The highest BCUT2D eigenvalue weighted by molar-refractivity contribution is 6.01. The van der Waals surface area contributed by atoms with Crippen LogP contribution in [-0.2, 0) is 14.3 Å². The normalized spacial score (nSPS) is 11.0. The Labute approximate surface area is 116 Å². The molecule has 0 aliphatic rings. The van der Waals surface area contributed by atoms with Crippen LogP contribution in [-0.4, -0.2) is 23.3 Å². The van der Waals surface area contributed by atoms with Crippen LogP contribution in [0.15, 0.2) is 29.8 Å². The van der Waals surface area contributed by atoms with Crippen molar-refractivity contribution in [1.29, 1.82) is 0 Å². The van der Waals surface area contributed by atoms with E-state index >= 15 is 0 Å². The number of hydrogen-bond donors (Lipinski definition) is 0. The smallest absolute Gasteiger partial charge is 0.310 e. The van der Waals surface area contributed by atoms with Crippen molar-refractivity contribution in [2.45, 2.75) is 20.3 Å². The molecule has 0 bridgehead atoms. The molecule has 6 nitrogen and oxygen atoms in total. The molecule has 0 aromatic heterocycles. The lowest BCUT2D eigenvalue weighted by molar-refractivity contribution is -0.384. The van der Waals surface area contributed by atoms with Gasteiger partial charge in [0.15, 0.2) is 5.78 Å². The first-order valence-electron chi connectivity index (χ1n) is 6.05. The van der Waals surface area contributed by atoms with Gasteiger partial charge >= 0.3 is 5.97 Å². The van der Waals surface area contributed by atoms with Gasteiger partial charge in [-0.1, -0.05) is 0 Å². The van der Waals surface area contributed by atoms with E-state index in [0.29, 0.717) is 11.1 Å². The molecule has 20 heavy (non-hydrogen) atoms. The Balaban J connectivity index is 2.93. The number of nitro groups is 1. The van der Waals surface area contributed by atoms with E-state index in [1.165, 1.54) is 37.3 Å². The first-order chi connectivity index (χ1) is 9.43. The molecule has 0 amide bonds. The van der Waals surface area contributed by atoms with Crippen LogP contribution in [0.3, 0.4) is 0 Å². The van der Waals surface area contributed by atoms with E-state index in [0.717, 1.165) is 0 Å². The lowest BCUT2D eigenvalue weighted by atomic mass is 10.0. The van der Waals surface area contributed by atoms with Crippen molar-refractivity contribution in [2.75, 3.05) is 6.61 Å². The number of carbonyl (C=O) groups excluding carboxylic acids is 2. The van der Waals surface area contributed by atoms with E-state index < -0.39 is 10.9 Å². The van der Waals surface area contributed by atoms with Gasteiger partial charge in [0.2, 0.25) is 0 Å². The number of nitro benzene ring substituents is 1. The lowest BCUT2D eigenvalue weighted by Gasteiger charge is -2.04. The van der Waals surface area contributed by atoms with Crippen molar-refractivity contribution >= 4 is 23.5 Å². The highest BCUT2D eigenvalue weighted by Crippen LogP contribution is 2.16. The molecule has 106 valence electrons. The summed E-state index contributed by atoms with van der Waals surface area (Å²) >= 11 is 0. The van der Waals surface area contributed by atoms with Gasteiger partial charge in [-0.25, -0.2) is 0 Å². The van der Waals surface area contributed by atoms with Crippen LogP contribution < -0.4 is 0 Å². The maximum atomic E-state index is 11.5. The zero-order chi connectivity index (χ0) is 15.1. The minimum atomic E-state index is -0.502. The summed E-state index contributed by atoms with van der Waals surface area (Å²) in [5.41, 5.74) is 0.888. The molecule has 0 atom stereocenters. The van der Waals surface area contributed by atoms with E-state index in [1.54, 1.807) is 6.92 Å². The van der Waals surface area contributed by atoms with E-state index in [9.17, 15) is 19.7 Å². The third-order valence-electron chi connectivity index (χ3n) is 2.54. The quantitative estimate of drug-likeness (QED) is 0.345. The second-order valence-electron chi connectivity index (χ2n) is 4.06. The highest BCUT2D eigenvalue weighted by Gasteiger charge is 2.11. The monoisotopic (exact) mass is 277 g/mol. The molecular weight excluding hydrogens is 262 g/mol. The van der Waals surface area contributed by atoms with Crippen molar-refractivity contribution < 1.29 is 19.2 Å². The van der Waals surface area contributed by atoms with Gasteiger partial charge < -0.3 is 4.74 Å². The number of non-ortho nitro benzene ring substituents is 1. The van der Waals surface area contributed by atoms with Crippen LogP contribution in [0.5, 0.6) is 0 Å². The molecule has 6 heteroatoms. The Morgan fingerprint density at radius 3 is 2.35 bits per heavy atom. The maximum absolute atomic E-state index is 11.5. The first-order valence-corrected chi connectivity index (χ1v) is 6.05. The number of esters is 1. The number of benzene rings is 1. The van der Waals surface area contributed by atoms with Crippen molar-refractivity contribution in [3.63, 3.8) is 0 Å². The number of ether oxygens (including phenoxy) is 1. The Bertz CT molecular complexity index is 545. The van der Waals surface area contributed by atoms with Gasteiger partial charge in [0, 0.05) is 17.7 Å². The Kier molecular flexibility index (Phi) is 5.58. The summed E-state index contributed by atoms with van der Waals surface area (Å²) in [6.07, 6.45) is 1.42. The summed E-state index contributed by atoms with van der Waals surface area (Å²) in [7, 11) is 0. The van der Waals surface area contributed by atoms with Crippen LogP contribution in [0.25, 0.3) is 6.08 Å². The minimum absolute atomic E-state index is 0.0306. The summed E-state index contributed by atoms with van der Waals surface area (Å²) in [5, 5.41) is 10.5. The fourth-order valence-electron chi connectivity index (χ4n) is 1.54. The summed E-state index contributed by atoms with van der Waals surface area (Å²) < 4.78 is 4.79. The molecule has 0 fully saturated rings. The van der Waals surface area contributed by atoms with E-state index in [1.807, 2.05) is 0 Å². The van der Waals surface area contributed by atoms with Gasteiger partial charge in [0.1, 0.15) is 0 Å². The van der Waals surface area contributed by atoms with Crippen molar-refractivity contribution in [3.05, 3.63) is 45.5 Å². The average Bonchev–Trinajstić information content (AvgIpc) is 2.38. The zero-order valence-corrected chi connectivity index (χ0v) is 11.3. The third-order valence-corrected chi connectivity index (χ3v) is 2.54. The standard InChI is InChI=1S/C14H15NO5/c1-3-20-14(17)9-12(10(2)16)8-11-4-6-13(7-5-11)15(18)19/h4-8H,3,9H2,1-2H3. The summed E-state index contributed by atoms with van der Waals surface area (Å²) in [6.45, 7) is 3.30. The molecule has 0 saturated carbocycles. The minimum Gasteiger partial charge on any atom is -0.466 e. The molecule has 0 heterocycles. The summed E-state index contributed by atoms with van der Waals surface area (Å²) in [5.74, 6) is -0.715. The van der Waals surface area contributed by atoms with Gasteiger partial charge in [-0.05, 0) is 37.6 Å². The van der Waals surface area contributed by atoms with E-state index in [2.05, 4.69) is 0 Å². The molecule has 1 aromatic rings. The topological polar surface area (TPSA) is 86.5 Å². The fourth-order valence-corrected chi connectivity index (χ4v) is 1.54. The number of rotatable bonds is 6. The molecule has 0 spiro atoms. The average molecular weight is 277 g/mol. The first kappa shape index (κ1) is 15.6. The molecule has 0 saturated heterocycles. The van der Waals surface area contributed by atoms with Crippen molar-refractivity contribution in [3.8, 4) is 0 Å². The molecule has 1 aromatic carbocycles. The largest absolute Gasteiger partial charge is 0.466 e. The SMILES string of the molecule is CCOC(=O)CC(=Cc1ccc([N+](=O)[O-])cc1)C(C)=O. The summed E-state index contributed by atoms with van der Waals surface area (Å²) in [6, 6.07) is 5.72.